The standard InChI is InChI=1S/C8H7BO2/c1-2-7-5-3-4-6-8(7)9(10)11/h1,3-6,10-11H. The van der Waals surface area contributed by atoms with Gasteiger partial charge in [-0.1, -0.05) is 24.1 Å². The van der Waals surface area contributed by atoms with Crippen LogP contribution in [0.25, 0.3) is 0 Å². The van der Waals surface area contributed by atoms with Crippen LogP contribution in [0.4, 0.5) is 0 Å². The second kappa shape index (κ2) is 3.24. The van der Waals surface area contributed by atoms with Gasteiger partial charge in [0.15, 0.2) is 0 Å². The second-order valence-electron chi connectivity index (χ2n) is 2.11. The van der Waals surface area contributed by atoms with E-state index in [4.69, 9.17) is 16.5 Å². The van der Waals surface area contributed by atoms with Crippen molar-refractivity contribution >= 4 is 12.6 Å². The molecule has 0 aliphatic heterocycles. The smallest absolute Gasteiger partial charge is 0.423 e. The molecule has 0 aliphatic carbocycles. The third-order valence-electron chi connectivity index (χ3n) is 1.39. The molecule has 0 atom stereocenters. The summed E-state index contributed by atoms with van der Waals surface area (Å²) >= 11 is 0. The van der Waals surface area contributed by atoms with E-state index < -0.39 is 7.12 Å². The third-order valence-corrected chi connectivity index (χ3v) is 1.39. The summed E-state index contributed by atoms with van der Waals surface area (Å²) in [4.78, 5) is 0. The molecule has 0 fully saturated rings. The van der Waals surface area contributed by atoms with Crippen molar-refractivity contribution in [1.82, 2.24) is 0 Å². The van der Waals surface area contributed by atoms with E-state index in [9.17, 15) is 0 Å². The van der Waals surface area contributed by atoms with Gasteiger partial charge in [-0.2, -0.15) is 0 Å². The molecule has 0 aliphatic rings. The van der Waals surface area contributed by atoms with Gasteiger partial charge >= 0.3 is 7.12 Å². The van der Waals surface area contributed by atoms with Crippen LogP contribution < -0.4 is 5.46 Å². The van der Waals surface area contributed by atoms with Gasteiger partial charge in [-0.05, 0) is 11.5 Å². The molecule has 1 aromatic carbocycles. The lowest BCUT2D eigenvalue weighted by molar-refractivity contribution is 0.425. The van der Waals surface area contributed by atoms with Gasteiger partial charge in [-0.3, -0.25) is 0 Å². The first-order valence-corrected chi connectivity index (χ1v) is 3.17. The van der Waals surface area contributed by atoms with E-state index in [1.54, 1.807) is 24.3 Å². The molecule has 0 amide bonds. The molecule has 0 unspecified atom stereocenters. The number of terminal acetylenes is 1. The predicted octanol–water partition coefficient (Wildman–Crippen LogP) is -0.652. The average Bonchev–Trinajstić information content (AvgIpc) is 2.04. The Morgan fingerprint density at radius 2 is 1.91 bits per heavy atom. The van der Waals surface area contributed by atoms with Gasteiger partial charge in [0.2, 0.25) is 0 Å². The molecule has 0 heterocycles. The summed E-state index contributed by atoms with van der Waals surface area (Å²) in [6.07, 6.45) is 5.12. The van der Waals surface area contributed by atoms with Crippen LogP contribution in [0.15, 0.2) is 24.3 Å². The van der Waals surface area contributed by atoms with E-state index in [0.717, 1.165) is 0 Å². The Labute approximate surface area is 65.6 Å². The topological polar surface area (TPSA) is 40.5 Å². The SMILES string of the molecule is C#Cc1ccccc1B(O)O. The summed E-state index contributed by atoms with van der Waals surface area (Å²) in [5.41, 5.74) is 0.887. The van der Waals surface area contributed by atoms with E-state index in [0.29, 0.717) is 11.0 Å². The zero-order valence-electron chi connectivity index (χ0n) is 5.86. The predicted molar refractivity (Wildman–Crippen MR) is 44.2 cm³/mol. The molecule has 54 valence electrons. The van der Waals surface area contributed by atoms with Crippen molar-refractivity contribution in [2.75, 3.05) is 0 Å². The second-order valence-corrected chi connectivity index (χ2v) is 2.11. The van der Waals surface area contributed by atoms with Crippen LogP contribution in [0.3, 0.4) is 0 Å². The normalized spacial score (nSPS) is 8.82. The molecule has 2 nitrogen and oxygen atoms in total. The summed E-state index contributed by atoms with van der Waals surface area (Å²) in [7, 11) is -1.48. The van der Waals surface area contributed by atoms with Crippen molar-refractivity contribution in [1.29, 1.82) is 0 Å². The Hall–Kier alpha value is -1.24. The van der Waals surface area contributed by atoms with Crippen molar-refractivity contribution in [2.45, 2.75) is 0 Å². The van der Waals surface area contributed by atoms with Gasteiger partial charge in [0.1, 0.15) is 0 Å². The van der Waals surface area contributed by atoms with Gasteiger partial charge in [0.25, 0.3) is 0 Å². The molecule has 0 radical (unpaired) electrons. The highest BCUT2D eigenvalue weighted by molar-refractivity contribution is 6.59. The van der Waals surface area contributed by atoms with Gasteiger partial charge in [0, 0.05) is 5.56 Å². The first-order chi connectivity index (χ1) is 5.25. The molecule has 3 heteroatoms. The largest absolute Gasteiger partial charge is 0.489 e. The van der Waals surface area contributed by atoms with E-state index in [2.05, 4.69) is 5.92 Å². The molecule has 0 spiro atoms. The van der Waals surface area contributed by atoms with Crippen molar-refractivity contribution in [2.24, 2.45) is 0 Å². The number of hydrogen-bond donors (Lipinski definition) is 2. The van der Waals surface area contributed by atoms with Gasteiger partial charge in [-0.15, -0.1) is 6.42 Å². The summed E-state index contributed by atoms with van der Waals surface area (Å²) in [6.45, 7) is 0. The van der Waals surface area contributed by atoms with Crippen LogP contribution in [-0.2, 0) is 0 Å². The first kappa shape index (κ1) is 7.87. The van der Waals surface area contributed by atoms with Crippen molar-refractivity contribution in [3.8, 4) is 12.3 Å². The molecule has 0 aromatic heterocycles. The number of hydrogen-bond acceptors (Lipinski definition) is 2. The molecule has 0 bridgehead atoms. The fourth-order valence-electron chi connectivity index (χ4n) is 0.854. The van der Waals surface area contributed by atoms with Crippen LogP contribution in [0, 0.1) is 12.3 Å². The Kier molecular flexibility index (Phi) is 2.32. The molecule has 1 rings (SSSR count). The van der Waals surface area contributed by atoms with Crippen molar-refractivity contribution < 1.29 is 10.0 Å². The first-order valence-electron chi connectivity index (χ1n) is 3.17. The van der Waals surface area contributed by atoms with E-state index in [1.807, 2.05) is 0 Å². The Morgan fingerprint density at radius 3 is 2.36 bits per heavy atom. The maximum atomic E-state index is 8.80. The molecule has 11 heavy (non-hydrogen) atoms. The number of rotatable bonds is 1. The van der Waals surface area contributed by atoms with Crippen LogP contribution in [0.2, 0.25) is 0 Å². The number of benzene rings is 1. The third kappa shape index (κ3) is 1.61. The fraction of sp³-hybridized carbons (Fsp3) is 0. The van der Waals surface area contributed by atoms with Crippen LogP contribution in [0.1, 0.15) is 5.56 Å². The van der Waals surface area contributed by atoms with Crippen LogP contribution in [0.5, 0.6) is 0 Å². The van der Waals surface area contributed by atoms with E-state index >= 15 is 0 Å². The Balaban J connectivity index is 3.15. The van der Waals surface area contributed by atoms with Gasteiger partial charge in [0.05, 0.1) is 0 Å². The minimum atomic E-state index is -1.48. The van der Waals surface area contributed by atoms with Crippen molar-refractivity contribution in [3.05, 3.63) is 29.8 Å². The molecule has 0 saturated carbocycles. The van der Waals surface area contributed by atoms with E-state index in [-0.39, 0.29) is 0 Å². The summed E-state index contributed by atoms with van der Waals surface area (Å²) in [5, 5.41) is 17.6. The molecule has 1 aromatic rings. The average molecular weight is 146 g/mol. The van der Waals surface area contributed by atoms with Crippen molar-refractivity contribution in [3.63, 3.8) is 0 Å². The Bertz CT molecular complexity index is 288. The lowest BCUT2D eigenvalue weighted by Crippen LogP contribution is -2.31. The quantitative estimate of drug-likeness (QED) is 0.408. The monoisotopic (exact) mass is 146 g/mol. The van der Waals surface area contributed by atoms with Crippen LogP contribution in [-0.4, -0.2) is 17.2 Å². The Morgan fingerprint density at radius 1 is 1.27 bits per heavy atom. The molecule has 2 N–H and O–H groups in total. The summed E-state index contributed by atoms with van der Waals surface area (Å²) in [5.74, 6) is 2.36. The molecular weight excluding hydrogens is 139 g/mol. The maximum absolute atomic E-state index is 8.80. The summed E-state index contributed by atoms with van der Waals surface area (Å²) in [6, 6.07) is 6.70. The molecule has 0 saturated heterocycles. The fourth-order valence-corrected chi connectivity index (χ4v) is 0.854. The highest BCUT2D eigenvalue weighted by Crippen LogP contribution is 1.93. The van der Waals surface area contributed by atoms with Gasteiger partial charge in [-0.25, -0.2) is 0 Å². The van der Waals surface area contributed by atoms with Gasteiger partial charge < -0.3 is 10.0 Å². The zero-order chi connectivity index (χ0) is 8.27. The summed E-state index contributed by atoms with van der Waals surface area (Å²) < 4.78 is 0. The zero-order valence-corrected chi connectivity index (χ0v) is 5.86. The molecular formula is C8H7BO2. The van der Waals surface area contributed by atoms with E-state index in [1.165, 1.54) is 0 Å². The minimum absolute atomic E-state index is 0.370. The maximum Gasteiger partial charge on any atom is 0.489 e. The highest BCUT2D eigenvalue weighted by Gasteiger charge is 2.13. The highest BCUT2D eigenvalue weighted by atomic mass is 16.4. The minimum Gasteiger partial charge on any atom is -0.423 e. The lowest BCUT2D eigenvalue weighted by atomic mass is 9.77. The lowest BCUT2D eigenvalue weighted by Gasteiger charge is -2.00. The van der Waals surface area contributed by atoms with Crippen LogP contribution >= 0.6 is 0 Å².